The summed E-state index contributed by atoms with van der Waals surface area (Å²) in [6.45, 7) is 7.50. The highest BCUT2D eigenvalue weighted by atomic mass is 127. The Balaban J connectivity index is 0.00000484. The molecule has 0 aliphatic carbocycles. The first-order valence-corrected chi connectivity index (χ1v) is 7.68. The van der Waals surface area contributed by atoms with E-state index in [2.05, 4.69) is 20.9 Å². The second kappa shape index (κ2) is 10.7. The van der Waals surface area contributed by atoms with Crippen LogP contribution >= 0.6 is 35.6 Å². The van der Waals surface area contributed by atoms with E-state index in [4.69, 9.17) is 11.6 Å². The van der Waals surface area contributed by atoms with E-state index >= 15 is 0 Å². The fraction of sp³-hybridized carbons (Fsp3) is 0.500. The highest BCUT2D eigenvalue weighted by molar-refractivity contribution is 14.0. The zero-order valence-electron chi connectivity index (χ0n) is 14.1. The summed E-state index contributed by atoms with van der Waals surface area (Å²) < 4.78 is 0. The Hall–Kier alpha value is -1.02. The summed E-state index contributed by atoms with van der Waals surface area (Å²) in [5, 5.41) is 9.97. The normalized spacial score (nSPS) is 11.4. The van der Waals surface area contributed by atoms with Gasteiger partial charge in [0, 0.05) is 37.1 Å². The lowest BCUT2D eigenvalue weighted by Gasteiger charge is -2.18. The van der Waals surface area contributed by atoms with Crippen LogP contribution in [0.1, 0.15) is 26.3 Å². The molecule has 0 aliphatic rings. The summed E-state index contributed by atoms with van der Waals surface area (Å²) in [5.74, 6) is 0.735. The molecule has 130 valence electrons. The zero-order chi connectivity index (χ0) is 16.6. The van der Waals surface area contributed by atoms with E-state index in [9.17, 15) is 4.79 Å². The average Bonchev–Trinajstić information content (AvgIpc) is 2.47. The number of hydrogen-bond donors (Lipinski definition) is 3. The monoisotopic (exact) mass is 452 g/mol. The second-order valence-corrected chi connectivity index (χ2v) is 6.42. The van der Waals surface area contributed by atoms with Crippen molar-refractivity contribution in [2.45, 2.75) is 27.3 Å². The van der Waals surface area contributed by atoms with Crippen molar-refractivity contribution in [2.75, 3.05) is 20.1 Å². The topological polar surface area (TPSA) is 65.5 Å². The molecule has 0 aromatic heterocycles. The van der Waals surface area contributed by atoms with Gasteiger partial charge in [-0.15, -0.1) is 24.0 Å². The minimum atomic E-state index is -0.367. The van der Waals surface area contributed by atoms with E-state index in [1.54, 1.807) is 7.05 Å². The molecule has 1 amide bonds. The number of halogens is 2. The molecule has 1 rings (SSSR count). The van der Waals surface area contributed by atoms with Crippen molar-refractivity contribution in [1.82, 2.24) is 16.0 Å². The molecule has 0 spiro atoms. The lowest BCUT2D eigenvalue weighted by molar-refractivity contribution is -0.128. The number of guanidine groups is 1. The maximum atomic E-state index is 11.7. The molecule has 0 aliphatic heterocycles. The van der Waals surface area contributed by atoms with Crippen molar-refractivity contribution in [3.05, 3.63) is 34.9 Å². The summed E-state index contributed by atoms with van der Waals surface area (Å²) in [6, 6.07) is 7.64. The molecule has 1 aromatic rings. The van der Waals surface area contributed by atoms with Gasteiger partial charge in [0.05, 0.1) is 0 Å². The third kappa shape index (κ3) is 9.00. The fourth-order valence-corrected chi connectivity index (χ4v) is 1.76. The predicted octanol–water partition coefficient (Wildman–Crippen LogP) is 2.79. The molecule has 0 saturated heterocycles. The number of carbonyl (C=O) groups excluding carboxylic acids is 1. The Bertz CT molecular complexity index is 512. The standard InChI is InChI=1S/C16H25ClN4O.HI/c1-16(2,3)14(22)19-9-10-20-15(18-4)21-11-12-5-7-13(17)8-6-12;/h5-8H,9-11H2,1-4H3,(H,19,22)(H2,18,20,21);1H. The first-order chi connectivity index (χ1) is 10.3. The van der Waals surface area contributed by atoms with Gasteiger partial charge in [0.15, 0.2) is 5.96 Å². The van der Waals surface area contributed by atoms with Crippen LogP contribution in [0.3, 0.4) is 0 Å². The number of aliphatic imine (C=N–C) groups is 1. The Labute approximate surface area is 160 Å². The molecule has 1 aromatic carbocycles. The number of amides is 1. The van der Waals surface area contributed by atoms with E-state index in [0.29, 0.717) is 25.6 Å². The van der Waals surface area contributed by atoms with Crippen molar-refractivity contribution in [3.63, 3.8) is 0 Å². The Morgan fingerprint density at radius 3 is 2.17 bits per heavy atom. The third-order valence-corrected chi connectivity index (χ3v) is 3.23. The van der Waals surface area contributed by atoms with Gasteiger partial charge in [-0.2, -0.15) is 0 Å². The van der Waals surface area contributed by atoms with E-state index in [1.807, 2.05) is 45.0 Å². The molecule has 0 heterocycles. The number of hydrogen-bond acceptors (Lipinski definition) is 2. The molecule has 0 bridgehead atoms. The summed E-state index contributed by atoms with van der Waals surface area (Å²) in [6.07, 6.45) is 0. The van der Waals surface area contributed by atoms with Gasteiger partial charge in [-0.3, -0.25) is 9.79 Å². The molecular weight excluding hydrogens is 427 g/mol. The van der Waals surface area contributed by atoms with Crippen LogP contribution < -0.4 is 16.0 Å². The highest BCUT2D eigenvalue weighted by Gasteiger charge is 2.20. The van der Waals surface area contributed by atoms with Crippen LogP contribution in [0.5, 0.6) is 0 Å². The summed E-state index contributed by atoms with van der Waals surface area (Å²) in [7, 11) is 1.71. The van der Waals surface area contributed by atoms with Gasteiger partial charge >= 0.3 is 0 Å². The predicted molar refractivity (Wildman–Crippen MR) is 108 cm³/mol. The number of nitrogens with zero attached hydrogens (tertiary/aromatic N) is 1. The molecule has 5 nitrogen and oxygen atoms in total. The van der Waals surface area contributed by atoms with E-state index < -0.39 is 0 Å². The number of nitrogens with one attached hydrogen (secondary N) is 3. The minimum absolute atomic E-state index is 0. The summed E-state index contributed by atoms with van der Waals surface area (Å²) in [5.41, 5.74) is 0.752. The van der Waals surface area contributed by atoms with E-state index in [0.717, 1.165) is 10.6 Å². The van der Waals surface area contributed by atoms with Gasteiger partial charge in [0.2, 0.25) is 5.91 Å². The van der Waals surface area contributed by atoms with E-state index in [1.165, 1.54) is 0 Å². The summed E-state index contributed by atoms with van der Waals surface area (Å²) >= 11 is 5.85. The van der Waals surface area contributed by atoms with Crippen LogP contribution in [0.4, 0.5) is 0 Å². The lowest BCUT2D eigenvalue weighted by Crippen LogP contribution is -2.43. The number of rotatable bonds is 5. The third-order valence-electron chi connectivity index (χ3n) is 2.98. The summed E-state index contributed by atoms with van der Waals surface area (Å²) in [4.78, 5) is 15.9. The zero-order valence-corrected chi connectivity index (χ0v) is 17.2. The van der Waals surface area contributed by atoms with Crippen LogP contribution in [-0.4, -0.2) is 32.0 Å². The van der Waals surface area contributed by atoms with Gasteiger partial charge in [-0.05, 0) is 17.7 Å². The van der Waals surface area contributed by atoms with Gasteiger partial charge in [0.1, 0.15) is 0 Å². The maximum Gasteiger partial charge on any atom is 0.225 e. The number of carbonyl (C=O) groups is 1. The first-order valence-electron chi connectivity index (χ1n) is 7.30. The largest absolute Gasteiger partial charge is 0.355 e. The molecule has 0 saturated carbocycles. The second-order valence-electron chi connectivity index (χ2n) is 5.98. The highest BCUT2D eigenvalue weighted by Crippen LogP contribution is 2.11. The van der Waals surface area contributed by atoms with Crippen LogP contribution in [0.15, 0.2) is 29.3 Å². The van der Waals surface area contributed by atoms with Gasteiger partial charge < -0.3 is 16.0 Å². The molecule has 0 atom stereocenters. The maximum absolute atomic E-state index is 11.7. The molecule has 7 heteroatoms. The van der Waals surface area contributed by atoms with Gasteiger partial charge in [0.25, 0.3) is 0 Å². The first kappa shape index (κ1) is 22.0. The Kier molecular flexibility index (Phi) is 10.2. The number of benzene rings is 1. The van der Waals surface area contributed by atoms with Crippen LogP contribution in [0, 0.1) is 5.41 Å². The lowest BCUT2D eigenvalue weighted by atomic mass is 9.96. The minimum Gasteiger partial charge on any atom is -0.355 e. The van der Waals surface area contributed by atoms with Gasteiger partial charge in [-0.1, -0.05) is 44.5 Å². The fourth-order valence-electron chi connectivity index (χ4n) is 1.63. The van der Waals surface area contributed by atoms with Crippen LogP contribution in [0.2, 0.25) is 5.02 Å². The molecule has 0 radical (unpaired) electrons. The van der Waals surface area contributed by atoms with Gasteiger partial charge in [-0.25, -0.2) is 0 Å². The molecule has 0 fully saturated rings. The molecule has 3 N–H and O–H groups in total. The van der Waals surface area contributed by atoms with Crippen molar-refractivity contribution in [1.29, 1.82) is 0 Å². The molecule has 0 unspecified atom stereocenters. The van der Waals surface area contributed by atoms with Crippen molar-refractivity contribution in [3.8, 4) is 0 Å². The Morgan fingerprint density at radius 2 is 1.65 bits per heavy atom. The van der Waals surface area contributed by atoms with Crippen molar-refractivity contribution in [2.24, 2.45) is 10.4 Å². The average molecular weight is 453 g/mol. The molecular formula is C16H26ClIN4O. The SMILES string of the molecule is CN=C(NCCNC(=O)C(C)(C)C)NCc1ccc(Cl)cc1.I. The smallest absolute Gasteiger partial charge is 0.225 e. The van der Waals surface area contributed by atoms with Crippen LogP contribution in [-0.2, 0) is 11.3 Å². The Morgan fingerprint density at radius 1 is 1.09 bits per heavy atom. The quantitative estimate of drug-likeness (QED) is 0.279. The van der Waals surface area contributed by atoms with Crippen LogP contribution in [0.25, 0.3) is 0 Å². The van der Waals surface area contributed by atoms with Crippen molar-refractivity contribution < 1.29 is 4.79 Å². The van der Waals surface area contributed by atoms with Crippen molar-refractivity contribution >= 4 is 47.4 Å². The van der Waals surface area contributed by atoms with E-state index in [-0.39, 0.29) is 35.3 Å². The molecule has 23 heavy (non-hydrogen) atoms.